The number of carbonyl (C=O) groups is 1. The third-order valence-electron chi connectivity index (χ3n) is 7.58. The maximum Gasteiger partial charge on any atom is 0.314 e. The lowest BCUT2D eigenvalue weighted by Crippen LogP contribution is -2.26. The van der Waals surface area contributed by atoms with E-state index in [1.165, 1.54) is 12.1 Å². The van der Waals surface area contributed by atoms with E-state index in [0.29, 0.717) is 55.8 Å². The molecule has 0 atom stereocenters. The molecule has 0 spiro atoms. The lowest BCUT2D eigenvalue weighted by Gasteiger charge is -2.30. The van der Waals surface area contributed by atoms with Gasteiger partial charge in [-0.1, -0.05) is 12.1 Å². The van der Waals surface area contributed by atoms with Gasteiger partial charge in [0.1, 0.15) is 5.75 Å². The van der Waals surface area contributed by atoms with Crippen LogP contribution in [0.3, 0.4) is 0 Å². The largest absolute Gasteiger partial charge is 0.494 e. The van der Waals surface area contributed by atoms with Gasteiger partial charge in [-0.05, 0) is 100 Å². The maximum atomic E-state index is 15.1. The van der Waals surface area contributed by atoms with Gasteiger partial charge in [0.15, 0.2) is 23.2 Å². The smallest absolute Gasteiger partial charge is 0.314 e. The number of carbonyl (C=O) groups excluding carboxylic acids is 1. The first-order valence-electron chi connectivity index (χ1n) is 13.1. The molecular formula is C29H35F3O4. The van der Waals surface area contributed by atoms with Gasteiger partial charge in [0.05, 0.1) is 18.6 Å². The van der Waals surface area contributed by atoms with Crippen molar-refractivity contribution in [2.24, 2.45) is 5.92 Å². The van der Waals surface area contributed by atoms with Crippen molar-refractivity contribution in [3.63, 3.8) is 0 Å². The Balaban J connectivity index is 1.34. The summed E-state index contributed by atoms with van der Waals surface area (Å²) >= 11 is 0. The molecule has 2 saturated carbocycles. The van der Waals surface area contributed by atoms with Crippen LogP contribution in [0, 0.1) is 23.4 Å². The molecule has 7 heteroatoms. The Bertz CT molecular complexity index is 1040. The molecule has 2 aromatic carbocycles. The molecule has 2 aliphatic rings. The van der Waals surface area contributed by atoms with Crippen LogP contribution in [-0.4, -0.2) is 25.3 Å². The molecule has 0 bridgehead atoms. The minimum Gasteiger partial charge on any atom is -0.494 e. The summed E-state index contributed by atoms with van der Waals surface area (Å²) in [5.41, 5.74) is 0.837. The van der Waals surface area contributed by atoms with E-state index in [2.05, 4.69) is 0 Å². The average molecular weight is 505 g/mol. The summed E-state index contributed by atoms with van der Waals surface area (Å²) < 4.78 is 60.7. The van der Waals surface area contributed by atoms with Gasteiger partial charge in [-0.2, -0.15) is 0 Å². The predicted molar refractivity (Wildman–Crippen MR) is 131 cm³/mol. The van der Waals surface area contributed by atoms with Crippen LogP contribution in [0.2, 0.25) is 0 Å². The molecule has 0 amide bonds. The highest BCUT2D eigenvalue weighted by Crippen LogP contribution is 2.41. The van der Waals surface area contributed by atoms with Crippen molar-refractivity contribution in [2.75, 3.05) is 13.2 Å². The number of halogens is 3. The predicted octanol–water partition coefficient (Wildman–Crippen LogP) is 7.44. The Kier molecular flexibility index (Phi) is 8.94. The number of ether oxygens (including phenoxy) is 3. The molecule has 0 radical (unpaired) electrons. The van der Waals surface area contributed by atoms with Crippen molar-refractivity contribution in [2.45, 2.75) is 83.2 Å². The Morgan fingerprint density at radius 1 is 0.806 bits per heavy atom. The average Bonchev–Trinajstić information content (AvgIpc) is 2.88. The highest BCUT2D eigenvalue weighted by molar-refractivity contribution is 5.75. The highest BCUT2D eigenvalue weighted by atomic mass is 19.2. The zero-order valence-corrected chi connectivity index (χ0v) is 21.0. The van der Waals surface area contributed by atoms with Crippen molar-refractivity contribution in [1.82, 2.24) is 0 Å². The van der Waals surface area contributed by atoms with Crippen LogP contribution in [0.5, 0.6) is 11.5 Å². The summed E-state index contributed by atoms with van der Waals surface area (Å²) in [6, 6.07) is 7.59. The summed E-state index contributed by atoms with van der Waals surface area (Å²) in [5, 5.41) is 0. The SMILES string of the molecule is CCOc1ccc(OC(=O)C2CCC(c3ccc(C4CCC(OCC)CC4)c(F)c3F)CC2)c(F)c1. The fourth-order valence-corrected chi connectivity index (χ4v) is 5.64. The summed E-state index contributed by atoms with van der Waals surface area (Å²) in [7, 11) is 0. The molecule has 0 N–H and O–H groups in total. The van der Waals surface area contributed by atoms with Crippen LogP contribution in [0.4, 0.5) is 13.2 Å². The maximum absolute atomic E-state index is 15.1. The van der Waals surface area contributed by atoms with E-state index >= 15 is 8.78 Å². The van der Waals surface area contributed by atoms with Crippen molar-refractivity contribution >= 4 is 5.97 Å². The van der Waals surface area contributed by atoms with E-state index < -0.39 is 29.3 Å². The van der Waals surface area contributed by atoms with Crippen LogP contribution >= 0.6 is 0 Å². The molecule has 0 unspecified atom stereocenters. The van der Waals surface area contributed by atoms with E-state index in [0.717, 1.165) is 25.7 Å². The summed E-state index contributed by atoms with van der Waals surface area (Å²) in [6.45, 7) is 4.85. The van der Waals surface area contributed by atoms with E-state index in [-0.39, 0.29) is 23.7 Å². The van der Waals surface area contributed by atoms with Crippen LogP contribution in [0.15, 0.2) is 30.3 Å². The second kappa shape index (κ2) is 12.1. The van der Waals surface area contributed by atoms with Crippen molar-refractivity contribution < 1.29 is 32.2 Å². The number of benzene rings is 2. The first-order valence-corrected chi connectivity index (χ1v) is 13.1. The van der Waals surface area contributed by atoms with Gasteiger partial charge in [-0.3, -0.25) is 4.79 Å². The Labute approximate surface area is 211 Å². The second-order valence-electron chi connectivity index (χ2n) is 9.80. The van der Waals surface area contributed by atoms with Gasteiger partial charge in [0, 0.05) is 12.7 Å². The molecule has 0 saturated heterocycles. The highest BCUT2D eigenvalue weighted by Gasteiger charge is 2.32. The number of hydrogen-bond acceptors (Lipinski definition) is 4. The van der Waals surface area contributed by atoms with Crippen LogP contribution < -0.4 is 9.47 Å². The van der Waals surface area contributed by atoms with Crippen molar-refractivity contribution in [1.29, 1.82) is 0 Å². The summed E-state index contributed by atoms with van der Waals surface area (Å²) in [6.07, 6.45) is 5.57. The van der Waals surface area contributed by atoms with Crippen molar-refractivity contribution in [3.05, 3.63) is 58.9 Å². The number of rotatable bonds is 8. The first kappa shape index (κ1) is 26.5. The van der Waals surface area contributed by atoms with Gasteiger partial charge in [0.25, 0.3) is 0 Å². The second-order valence-corrected chi connectivity index (χ2v) is 9.80. The van der Waals surface area contributed by atoms with Crippen molar-refractivity contribution in [3.8, 4) is 11.5 Å². The molecule has 0 heterocycles. The summed E-state index contributed by atoms with van der Waals surface area (Å²) in [5.74, 6) is -2.97. The van der Waals surface area contributed by atoms with Crippen LogP contribution in [-0.2, 0) is 9.53 Å². The molecule has 0 aromatic heterocycles. The minimum atomic E-state index is -0.762. The van der Waals surface area contributed by atoms with E-state index in [1.54, 1.807) is 25.1 Å². The van der Waals surface area contributed by atoms with Gasteiger partial charge < -0.3 is 14.2 Å². The third-order valence-corrected chi connectivity index (χ3v) is 7.58. The molecule has 2 fully saturated rings. The lowest BCUT2D eigenvalue weighted by molar-refractivity contribution is -0.140. The number of hydrogen-bond donors (Lipinski definition) is 0. The van der Waals surface area contributed by atoms with Gasteiger partial charge in [-0.25, -0.2) is 13.2 Å². The monoisotopic (exact) mass is 504 g/mol. The Hall–Kier alpha value is -2.54. The van der Waals surface area contributed by atoms with Gasteiger partial charge in [0.2, 0.25) is 0 Å². The van der Waals surface area contributed by atoms with Crippen LogP contribution in [0.1, 0.15) is 88.2 Å². The summed E-state index contributed by atoms with van der Waals surface area (Å²) in [4.78, 5) is 12.6. The van der Waals surface area contributed by atoms with Gasteiger partial charge in [-0.15, -0.1) is 0 Å². The van der Waals surface area contributed by atoms with Gasteiger partial charge >= 0.3 is 5.97 Å². The Morgan fingerprint density at radius 2 is 1.39 bits per heavy atom. The molecular weight excluding hydrogens is 469 g/mol. The quantitative estimate of drug-likeness (QED) is 0.277. The molecule has 4 nitrogen and oxygen atoms in total. The molecule has 196 valence electrons. The molecule has 36 heavy (non-hydrogen) atoms. The molecule has 2 aliphatic carbocycles. The van der Waals surface area contributed by atoms with E-state index in [1.807, 2.05) is 6.92 Å². The normalized spacial score (nSPS) is 24.4. The zero-order valence-electron chi connectivity index (χ0n) is 21.0. The fraction of sp³-hybridized carbons (Fsp3) is 0.552. The topological polar surface area (TPSA) is 44.8 Å². The van der Waals surface area contributed by atoms with Crippen LogP contribution in [0.25, 0.3) is 0 Å². The van der Waals surface area contributed by atoms with E-state index in [4.69, 9.17) is 14.2 Å². The third kappa shape index (κ3) is 6.05. The zero-order chi connectivity index (χ0) is 25.7. The molecule has 4 rings (SSSR count). The standard InChI is InChI=1S/C29H35F3O4/c1-3-34-21-11-9-19(10-12-21)24-15-14-23(27(31)28(24)32)18-5-7-20(8-6-18)29(33)36-26-16-13-22(35-4-2)17-25(26)30/h13-21H,3-12H2,1-2H3. The number of esters is 1. The Morgan fingerprint density at radius 3 is 1.92 bits per heavy atom. The first-order chi connectivity index (χ1) is 17.4. The minimum absolute atomic E-state index is 0.0127. The van der Waals surface area contributed by atoms with E-state index in [9.17, 15) is 9.18 Å². The lowest BCUT2D eigenvalue weighted by atomic mass is 9.77. The molecule has 0 aliphatic heterocycles. The fourth-order valence-electron chi connectivity index (χ4n) is 5.64. The molecule has 2 aromatic rings.